The second-order valence-electron chi connectivity index (χ2n) is 4.53. The Balaban J connectivity index is -0.000000249. The number of nitrogens with zero attached hydrogens (tertiary/aromatic N) is 1. The molecule has 0 aliphatic rings. The van der Waals surface area contributed by atoms with Gasteiger partial charge in [0.1, 0.15) is 0 Å². The monoisotopic (exact) mass is 329 g/mol. The fraction of sp³-hybridized carbons (Fsp3) is 0.909. The Hall–Kier alpha value is -0.980. The Morgan fingerprint density at radius 3 is 1.09 bits per heavy atom. The highest BCUT2D eigenvalue weighted by atomic mass is 16.3. The van der Waals surface area contributed by atoms with E-state index in [0.29, 0.717) is 0 Å². The normalized spacial score (nSPS) is 12.1. The van der Waals surface area contributed by atoms with Gasteiger partial charge in [0.15, 0.2) is 6.23 Å². The van der Waals surface area contributed by atoms with Crippen molar-refractivity contribution >= 4 is 6.08 Å². The van der Waals surface area contributed by atoms with Crippen LogP contribution in [0.5, 0.6) is 0 Å². The van der Waals surface area contributed by atoms with Gasteiger partial charge in [-0.1, -0.05) is 0 Å². The molecule has 0 heterocycles. The number of aliphatic hydroxyl groups excluding tert-OH is 7. The molecule has 0 aromatic rings. The standard InChI is InChI=1S/2C4H11NO3.C3H5NO2/c2*5-4(1-6,2-7)3-8;1-3(6)4-2-5/h2*6-8H,1-3,5H2;3,6H,1H3. The molecule has 22 heavy (non-hydrogen) atoms. The van der Waals surface area contributed by atoms with Gasteiger partial charge in [-0.15, -0.1) is 0 Å². The van der Waals surface area contributed by atoms with Crippen molar-refractivity contribution in [1.82, 2.24) is 0 Å². The molecule has 1 unspecified atom stereocenters. The summed E-state index contributed by atoms with van der Waals surface area (Å²) < 4.78 is 0. The molecule has 0 rings (SSSR count). The van der Waals surface area contributed by atoms with Crippen LogP contribution in [0.2, 0.25) is 0 Å². The Morgan fingerprint density at radius 2 is 1.09 bits per heavy atom. The van der Waals surface area contributed by atoms with Crippen LogP contribution in [0.1, 0.15) is 6.92 Å². The van der Waals surface area contributed by atoms with E-state index in [-0.39, 0.29) is 0 Å². The molecule has 0 aromatic carbocycles. The summed E-state index contributed by atoms with van der Waals surface area (Å²) in [7, 11) is 0. The third kappa shape index (κ3) is 15.4. The number of aliphatic hydroxyl groups is 7. The molecule has 0 aliphatic carbocycles. The molecule has 0 saturated carbocycles. The van der Waals surface area contributed by atoms with E-state index < -0.39 is 56.9 Å². The molecule has 0 spiro atoms. The number of aliphatic imine (C=N–C) groups is 1. The van der Waals surface area contributed by atoms with Crippen molar-refractivity contribution in [2.75, 3.05) is 39.6 Å². The molecular formula is C11H27N3O8. The third-order valence-corrected chi connectivity index (χ3v) is 2.13. The highest BCUT2D eigenvalue weighted by Gasteiger charge is 2.21. The number of isocyanates is 1. The number of carbonyl (C=O) groups excluding carboxylic acids is 1. The van der Waals surface area contributed by atoms with Crippen molar-refractivity contribution in [3.05, 3.63) is 0 Å². The Kier molecular flexibility index (Phi) is 17.6. The smallest absolute Gasteiger partial charge is 0.237 e. The average molecular weight is 329 g/mol. The minimum absolute atomic E-state index is 0.403. The second-order valence-corrected chi connectivity index (χ2v) is 4.53. The average Bonchev–Trinajstić information content (AvgIpc) is 2.54. The fourth-order valence-electron chi connectivity index (χ4n) is 0.376. The molecule has 0 fully saturated rings. The van der Waals surface area contributed by atoms with Crippen LogP contribution in [0.3, 0.4) is 0 Å². The van der Waals surface area contributed by atoms with E-state index in [1.54, 1.807) is 0 Å². The number of hydrogen-bond donors (Lipinski definition) is 9. The van der Waals surface area contributed by atoms with Crippen molar-refractivity contribution in [3.63, 3.8) is 0 Å². The second kappa shape index (κ2) is 14.9. The van der Waals surface area contributed by atoms with E-state index in [1.165, 1.54) is 13.0 Å². The van der Waals surface area contributed by atoms with Crippen molar-refractivity contribution in [2.45, 2.75) is 24.2 Å². The maximum Gasteiger partial charge on any atom is 0.237 e. The highest BCUT2D eigenvalue weighted by molar-refractivity contribution is 5.32. The Morgan fingerprint density at radius 1 is 0.864 bits per heavy atom. The van der Waals surface area contributed by atoms with Gasteiger partial charge in [0.05, 0.1) is 50.7 Å². The lowest BCUT2D eigenvalue weighted by atomic mass is 10.1. The van der Waals surface area contributed by atoms with Gasteiger partial charge in [-0.3, -0.25) is 0 Å². The molecule has 11 heteroatoms. The summed E-state index contributed by atoms with van der Waals surface area (Å²) in [4.78, 5) is 12.0. The number of hydrogen-bond acceptors (Lipinski definition) is 11. The minimum atomic E-state index is -1.21. The van der Waals surface area contributed by atoms with Gasteiger partial charge >= 0.3 is 0 Å². The predicted molar refractivity (Wildman–Crippen MR) is 76.2 cm³/mol. The maximum absolute atomic E-state index is 9.16. The maximum atomic E-state index is 9.16. The van der Waals surface area contributed by atoms with Crippen LogP contribution in [0, 0.1) is 0 Å². The lowest BCUT2D eigenvalue weighted by Gasteiger charge is -2.20. The first kappa shape index (κ1) is 25.9. The van der Waals surface area contributed by atoms with E-state index in [9.17, 15) is 0 Å². The summed E-state index contributed by atoms with van der Waals surface area (Å²) in [6.45, 7) is -1.04. The van der Waals surface area contributed by atoms with Crippen molar-refractivity contribution in [1.29, 1.82) is 0 Å². The van der Waals surface area contributed by atoms with Crippen LogP contribution in [-0.2, 0) is 4.79 Å². The van der Waals surface area contributed by atoms with Gasteiger partial charge in [0.2, 0.25) is 6.08 Å². The van der Waals surface area contributed by atoms with E-state index in [4.69, 9.17) is 52.0 Å². The van der Waals surface area contributed by atoms with Crippen LogP contribution in [0.4, 0.5) is 0 Å². The van der Waals surface area contributed by atoms with E-state index in [2.05, 4.69) is 4.99 Å². The molecule has 0 bridgehead atoms. The van der Waals surface area contributed by atoms with Crippen molar-refractivity contribution in [2.24, 2.45) is 16.5 Å². The number of rotatable bonds is 7. The fourth-order valence-corrected chi connectivity index (χ4v) is 0.376. The Labute approximate surface area is 128 Å². The summed E-state index contributed by atoms with van der Waals surface area (Å²) >= 11 is 0. The van der Waals surface area contributed by atoms with Gasteiger partial charge in [-0.05, 0) is 6.92 Å². The molecule has 11 nitrogen and oxygen atoms in total. The van der Waals surface area contributed by atoms with E-state index in [0.717, 1.165) is 0 Å². The van der Waals surface area contributed by atoms with Crippen LogP contribution < -0.4 is 11.5 Å². The summed E-state index contributed by atoms with van der Waals surface area (Å²) in [5, 5.41) is 58.2. The molecule has 134 valence electrons. The SMILES string of the molecule is CC(O)N=C=O.NC(CO)(CO)CO.NC(CO)(CO)CO. The van der Waals surface area contributed by atoms with Gasteiger partial charge in [0.25, 0.3) is 0 Å². The van der Waals surface area contributed by atoms with E-state index in [1.807, 2.05) is 0 Å². The summed E-state index contributed by atoms with van der Waals surface area (Å²) in [5.41, 5.74) is 7.88. The summed E-state index contributed by atoms with van der Waals surface area (Å²) in [6.07, 6.45) is 0.292. The molecule has 0 saturated heterocycles. The first-order valence-electron chi connectivity index (χ1n) is 6.12. The minimum Gasteiger partial charge on any atom is -0.394 e. The quantitative estimate of drug-likeness (QED) is 0.160. The highest BCUT2D eigenvalue weighted by Crippen LogP contribution is 1.93. The van der Waals surface area contributed by atoms with Crippen LogP contribution >= 0.6 is 0 Å². The van der Waals surface area contributed by atoms with E-state index >= 15 is 0 Å². The molecule has 0 amide bonds. The van der Waals surface area contributed by atoms with Crippen LogP contribution in [-0.4, -0.2) is 98.8 Å². The molecular weight excluding hydrogens is 302 g/mol. The van der Waals surface area contributed by atoms with Crippen molar-refractivity contribution < 1.29 is 40.5 Å². The van der Waals surface area contributed by atoms with Crippen molar-refractivity contribution in [3.8, 4) is 0 Å². The van der Waals surface area contributed by atoms with Gasteiger partial charge < -0.3 is 47.2 Å². The zero-order valence-electron chi connectivity index (χ0n) is 12.5. The van der Waals surface area contributed by atoms with Gasteiger partial charge in [-0.25, -0.2) is 4.79 Å². The Bertz CT molecular complexity index is 255. The van der Waals surface area contributed by atoms with Crippen LogP contribution in [0.15, 0.2) is 4.99 Å². The van der Waals surface area contributed by atoms with Gasteiger partial charge in [0, 0.05) is 0 Å². The number of nitrogens with two attached hydrogens (primary N) is 2. The molecule has 1 atom stereocenters. The predicted octanol–water partition coefficient (Wildman–Crippen LogP) is -5.02. The van der Waals surface area contributed by atoms with Crippen LogP contribution in [0.25, 0.3) is 0 Å². The zero-order valence-corrected chi connectivity index (χ0v) is 12.5. The topological polar surface area (TPSA) is 223 Å². The third-order valence-electron chi connectivity index (χ3n) is 2.13. The van der Waals surface area contributed by atoms with Gasteiger partial charge in [-0.2, -0.15) is 4.99 Å². The first-order valence-corrected chi connectivity index (χ1v) is 6.12. The molecule has 0 aromatic heterocycles. The summed E-state index contributed by atoms with van der Waals surface area (Å²) in [5.74, 6) is 0. The summed E-state index contributed by atoms with van der Waals surface area (Å²) in [6, 6.07) is 0. The molecule has 0 radical (unpaired) electrons. The molecule has 0 aliphatic heterocycles. The lowest BCUT2D eigenvalue weighted by molar-refractivity contribution is 0.0695. The molecule has 11 N–H and O–H groups in total. The lowest BCUT2D eigenvalue weighted by Crippen LogP contribution is -2.50. The largest absolute Gasteiger partial charge is 0.394 e. The first-order chi connectivity index (χ1) is 10.1. The zero-order chi connectivity index (χ0) is 18.2.